The first kappa shape index (κ1) is 8.95. The number of methoxy groups -OCH3 is 1. The van der Waals surface area contributed by atoms with E-state index >= 15 is 0 Å². The van der Waals surface area contributed by atoms with Crippen molar-refractivity contribution in [2.45, 2.75) is 13.8 Å². The Hall–Kier alpha value is -1.05. The van der Waals surface area contributed by atoms with Crippen LogP contribution in [0, 0.1) is 0 Å². The minimum Gasteiger partial charge on any atom is -0.465 e. The predicted octanol–water partition coefficient (Wildman–Crippen LogP) is 1.68. The van der Waals surface area contributed by atoms with Crippen LogP contribution in [-0.2, 0) is 9.53 Å². The van der Waals surface area contributed by atoms with Gasteiger partial charge in [-0.3, -0.25) is 0 Å². The Morgan fingerprint density at radius 1 is 1.40 bits per heavy atom. The molecular weight excluding hydrogens is 128 g/mol. The largest absolute Gasteiger partial charge is 0.465 e. The molecule has 0 fully saturated rings. The zero-order valence-electron chi connectivity index (χ0n) is 6.55. The molecule has 0 radical (unpaired) electrons. The van der Waals surface area contributed by atoms with Crippen molar-refractivity contribution in [2.75, 3.05) is 7.11 Å². The van der Waals surface area contributed by atoms with Gasteiger partial charge < -0.3 is 4.74 Å². The molecule has 2 heteroatoms. The van der Waals surface area contributed by atoms with Crippen LogP contribution in [0.5, 0.6) is 0 Å². The van der Waals surface area contributed by atoms with E-state index in [9.17, 15) is 4.79 Å². The standard InChI is InChI=1S/C8H12O2/c1-4-6-7(5-2)8(9)10-3/h4-6H,1-3H3/b6-4+,7-5+. The molecular formula is C8H12O2. The van der Waals surface area contributed by atoms with E-state index in [0.717, 1.165) is 0 Å². The van der Waals surface area contributed by atoms with Gasteiger partial charge in [0.25, 0.3) is 0 Å². The third-order valence-corrected chi connectivity index (χ3v) is 1.08. The van der Waals surface area contributed by atoms with E-state index in [4.69, 9.17) is 0 Å². The monoisotopic (exact) mass is 140 g/mol. The van der Waals surface area contributed by atoms with Gasteiger partial charge in [-0.25, -0.2) is 4.79 Å². The molecule has 0 aliphatic heterocycles. The molecule has 0 aromatic carbocycles. The molecule has 2 nitrogen and oxygen atoms in total. The molecule has 0 aliphatic rings. The van der Waals surface area contributed by atoms with Gasteiger partial charge in [-0.1, -0.05) is 18.2 Å². The van der Waals surface area contributed by atoms with E-state index in [0.29, 0.717) is 5.57 Å². The number of carbonyl (C=O) groups excluding carboxylic acids is 1. The van der Waals surface area contributed by atoms with Crippen LogP contribution in [0.1, 0.15) is 13.8 Å². The number of allylic oxidation sites excluding steroid dienone is 2. The van der Waals surface area contributed by atoms with Crippen molar-refractivity contribution in [3.63, 3.8) is 0 Å². The van der Waals surface area contributed by atoms with Crippen LogP contribution in [0.15, 0.2) is 23.8 Å². The summed E-state index contributed by atoms with van der Waals surface area (Å²) in [5, 5.41) is 0. The first-order valence-electron chi connectivity index (χ1n) is 3.13. The molecule has 0 atom stereocenters. The number of carbonyl (C=O) groups is 1. The SMILES string of the molecule is C/C=C/C(=C\C)C(=O)OC. The molecule has 0 aromatic heterocycles. The van der Waals surface area contributed by atoms with Crippen molar-refractivity contribution in [3.8, 4) is 0 Å². The maximum atomic E-state index is 10.8. The molecule has 0 bridgehead atoms. The number of ether oxygens (including phenoxy) is 1. The minimum absolute atomic E-state index is 0.291. The first-order chi connectivity index (χ1) is 4.76. The summed E-state index contributed by atoms with van der Waals surface area (Å²) in [4.78, 5) is 10.8. The van der Waals surface area contributed by atoms with Crippen molar-refractivity contribution in [1.82, 2.24) is 0 Å². The van der Waals surface area contributed by atoms with Crippen molar-refractivity contribution in [3.05, 3.63) is 23.8 Å². The fourth-order valence-electron chi connectivity index (χ4n) is 0.580. The topological polar surface area (TPSA) is 26.3 Å². The van der Waals surface area contributed by atoms with Gasteiger partial charge in [0.15, 0.2) is 0 Å². The molecule has 0 heterocycles. The van der Waals surface area contributed by atoms with Crippen LogP contribution in [0.3, 0.4) is 0 Å². The molecule has 56 valence electrons. The Kier molecular flexibility index (Phi) is 4.29. The van der Waals surface area contributed by atoms with Crippen LogP contribution in [0.4, 0.5) is 0 Å². The molecule has 0 N–H and O–H groups in total. The molecule has 0 aliphatic carbocycles. The third kappa shape index (κ3) is 2.49. The van der Waals surface area contributed by atoms with Crippen LogP contribution >= 0.6 is 0 Å². The van der Waals surface area contributed by atoms with E-state index in [1.807, 2.05) is 6.92 Å². The first-order valence-corrected chi connectivity index (χ1v) is 3.13. The smallest absolute Gasteiger partial charge is 0.337 e. The summed E-state index contributed by atoms with van der Waals surface area (Å²) < 4.78 is 4.50. The lowest BCUT2D eigenvalue weighted by atomic mass is 10.2. The highest BCUT2D eigenvalue weighted by atomic mass is 16.5. The van der Waals surface area contributed by atoms with E-state index in [-0.39, 0.29) is 5.97 Å². The zero-order valence-corrected chi connectivity index (χ0v) is 6.55. The average molecular weight is 140 g/mol. The highest BCUT2D eigenvalue weighted by Gasteiger charge is 2.01. The normalized spacial score (nSPS) is 12.1. The summed E-state index contributed by atoms with van der Waals surface area (Å²) in [5.41, 5.74) is 0.588. The van der Waals surface area contributed by atoms with E-state index in [1.165, 1.54) is 7.11 Å². The minimum atomic E-state index is -0.291. The summed E-state index contributed by atoms with van der Waals surface area (Å²) in [7, 11) is 1.37. The highest BCUT2D eigenvalue weighted by molar-refractivity contribution is 5.91. The molecule has 0 aromatic rings. The van der Waals surface area contributed by atoms with Crippen LogP contribution in [0.25, 0.3) is 0 Å². The second kappa shape index (κ2) is 4.79. The Bertz CT molecular complexity index is 166. The molecule has 0 saturated heterocycles. The second-order valence-corrected chi connectivity index (χ2v) is 1.74. The van der Waals surface area contributed by atoms with E-state index in [2.05, 4.69) is 4.74 Å². The molecule has 0 saturated carbocycles. The molecule has 0 rings (SSSR count). The lowest BCUT2D eigenvalue weighted by Gasteiger charge is -1.96. The zero-order chi connectivity index (χ0) is 7.98. The van der Waals surface area contributed by atoms with Gasteiger partial charge in [0.2, 0.25) is 0 Å². The fraction of sp³-hybridized carbons (Fsp3) is 0.375. The molecule has 10 heavy (non-hydrogen) atoms. The van der Waals surface area contributed by atoms with Gasteiger partial charge in [0, 0.05) is 0 Å². The summed E-state index contributed by atoms with van der Waals surface area (Å²) in [5.74, 6) is -0.291. The third-order valence-electron chi connectivity index (χ3n) is 1.08. The predicted molar refractivity (Wildman–Crippen MR) is 40.6 cm³/mol. The number of rotatable bonds is 2. The summed E-state index contributed by atoms with van der Waals surface area (Å²) >= 11 is 0. The van der Waals surface area contributed by atoms with Crippen molar-refractivity contribution in [2.24, 2.45) is 0 Å². The fourth-order valence-corrected chi connectivity index (χ4v) is 0.580. The van der Waals surface area contributed by atoms with Crippen LogP contribution in [0.2, 0.25) is 0 Å². The Balaban J connectivity index is 4.23. The van der Waals surface area contributed by atoms with Crippen LogP contribution < -0.4 is 0 Å². The number of hydrogen-bond acceptors (Lipinski definition) is 2. The number of esters is 1. The molecule has 0 unspecified atom stereocenters. The van der Waals surface area contributed by atoms with Gasteiger partial charge in [0.05, 0.1) is 12.7 Å². The van der Waals surface area contributed by atoms with Gasteiger partial charge >= 0.3 is 5.97 Å². The van der Waals surface area contributed by atoms with Gasteiger partial charge in [-0.15, -0.1) is 0 Å². The Morgan fingerprint density at radius 3 is 2.30 bits per heavy atom. The van der Waals surface area contributed by atoms with Crippen LogP contribution in [-0.4, -0.2) is 13.1 Å². The van der Waals surface area contributed by atoms with Crippen molar-refractivity contribution >= 4 is 5.97 Å². The highest BCUT2D eigenvalue weighted by Crippen LogP contribution is 1.98. The average Bonchev–Trinajstić information content (AvgIpc) is 1.99. The van der Waals surface area contributed by atoms with Gasteiger partial charge in [-0.05, 0) is 13.8 Å². The quantitative estimate of drug-likeness (QED) is 0.331. The maximum Gasteiger partial charge on any atom is 0.337 e. The lowest BCUT2D eigenvalue weighted by Crippen LogP contribution is -2.01. The second-order valence-electron chi connectivity index (χ2n) is 1.74. The summed E-state index contributed by atoms with van der Waals surface area (Å²) in [6.45, 7) is 3.65. The summed E-state index contributed by atoms with van der Waals surface area (Å²) in [6, 6.07) is 0. The Morgan fingerprint density at radius 2 is 2.00 bits per heavy atom. The lowest BCUT2D eigenvalue weighted by molar-refractivity contribution is -0.135. The Labute approximate surface area is 61.2 Å². The van der Waals surface area contributed by atoms with E-state index < -0.39 is 0 Å². The maximum absolute atomic E-state index is 10.8. The van der Waals surface area contributed by atoms with E-state index in [1.54, 1.807) is 25.2 Å². The van der Waals surface area contributed by atoms with Crippen molar-refractivity contribution < 1.29 is 9.53 Å². The molecule has 0 spiro atoms. The van der Waals surface area contributed by atoms with Gasteiger partial charge in [0.1, 0.15) is 0 Å². The summed E-state index contributed by atoms with van der Waals surface area (Å²) in [6.07, 6.45) is 5.23. The number of hydrogen-bond donors (Lipinski definition) is 0. The van der Waals surface area contributed by atoms with Crippen molar-refractivity contribution in [1.29, 1.82) is 0 Å². The molecule has 0 amide bonds. The van der Waals surface area contributed by atoms with Gasteiger partial charge in [-0.2, -0.15) is 0 Å².